The van der Waals surface area contributed by atoms with Crippen molar-refractivity contribution in [3.8, 4) is 0 Å². The van der Waals surface area contributed by atoms with E-state index in [0.717, 1.165) is 5.69 Å². The minimum atomic E-state index is -0.324. The van der Waals surface area contributed by atoms with Crippen molar-refractivity contribution in [3.63, 3.8) is 0 Å². The van der Waals surface area contributed by atoms with Crippen LogP contribution in [0.4, 0.5) is 0 Å². The van der Waals surface area contributed by atoms with Gasteiger partial charge in [0.05, 0.1) is 19.2 Å². The third-order valence-electron chi connectivity index (χ3n) is 2.70. The minimum absolute atomic E-state index is 0.295. The summed E-state index contributed by atoms with van der Waals surface area (Å²) < 4.78 is 17.6. The van der Waals surface area contributed by atoms with E-state index in [-0.39, 0.29) is 12.3 Å². The predicted octanol–water partition coefficient (Wildman–Crippen LogP) is 1.98. The largest absolute Gasteiger partial charge is 0.465 e. The van der Waals surface area contributed by atoms with E-state index in [0.29, 0.717) is 25.3 Å². The summed E-state index contributed by atoms with van der Waals surface area (Å²) in [6.45, 7) is 7.47. The first-order valence-electron chi connectivity index (χ1n) is 6.11. The van der Waals surface area contributed by atoms with Gasteiger partial charge in [0, 0.05) is 25.1 Å². The SMILES string of the molecule is CCOC(Cn1ccc(C(=O)OC)c1C)OCC. The third kappa shape index (κ3) is 3.58. The van der Waals surface area contributed by atoms with E-state index in [1.54, 1.807) is 6.07 Å². The Hall–Kier alpha value is -1.33. The molecule has 0 radical (unpaired) electrons. The number of methoxy groups -OCH3 is 1. The van der Waals surface area contributed by atoms with E-state index >= 15 is 0 Å². The number of carbonyl (C=O) groups excluding carboxylic acids is 1. The second-order valence-corrected chi connectivity index (χ2v) is 3.80. The average Bonchev–Trinajstić information content (AvgIpc) is 2.71. The molecule has 0 aliphatic heterocycles. The first-order chi connectivity index (χ1) is 8.63. The Balaban J connectivity index is 2.77. The van der Waals surface area contributed by atoms with Crippen LogP contribution in [0.3, 0.4) is 0 Å². The maximum Gasteiger partial charge on any atom is 0.339 e. The van der Waals surface area contributed by atoms with E-state index < -0.39 is 0 Å². The number of carbonyl (C=O) groups is 1. The molecule has 1 rings (SSSR count). The molecule has 0 saturated heterocycles. The Kier molecular flexibility index (Phi) is 5.88. The summed E-state index contributed by atoms with van der Waals surface area (Å²) in [6.07, 6.45) is 1.55. The van der Waals surface area contributed by atoms with Crippen molar-refractivity contribution >= 4 is 5.97 Å². The molecule has 5 heteroatoms. The van der Waals surface area contributed by atoms with Crippen molar-refractivity contribution in [1.29, 1.82) is 0 Å². The Labute approximate surface area is 108 Å². The van der Waals surface area contributed by atoms with E-state index in [9.17, 15) is 4.79 Å². The van der Waals surface area contributed by atoms with Crippen molar-refractivity contribution < 1.29 is 19.0 Å². The number of ether oxygens (including phenoxy) is 3. The van der Waals surface area contributed by atoms with Crippen molar-refractivity contribution in [2.24, 2.45) is 0 Å². The van der Waals surface area contributed by atoms with Crippen LogP contribution in [0.1, 0.15) is 29.9 Å². The molecule has 0 atom stereocenters. The molecule has 1 aromatic rings. The highest BCUT2D eigenvalue weighted by Crippen LogP contribution is 2.13. The van der Waals surface area contributed by atoms with Gasteiger partial charge in [-0.3, -0.25) is 0 Å². The molecule has 0 saturated carbocycles. The standard InChI is InChI=1S/C13H21NO4/c1-5-17-12(18-6-2)9-14-8-7-11(10(14)3)13(15)16-4/h7-8,12H,5-6,9H2,1-4H3. The molecule has 0 spiro atoms. The smallest absolute Gasteiger partial charge is 0.339 e. The molecule has 0 aliphatic rings. The zero-order chi connectivity index (χ0) is 13.5. The van der Waals surface area contributed by atoms with Crippen LogP contribution in [-0.4, -0.2) is 37.1 Å². The van der Waals surface area contributed by atoms with E-state index in [2.05, 4.69) is 0 Å². The molecule has 1 heterocycles. The molecular weight excluding hydrogens is 234 g/mol. The summed E-state index contributed by atoms with van der Waals surface area (Å²) in [5.41, 5.74) is 1.43. The van der Waals surface area contributed by atoms with Gasteiger partial charge in [-0.05, 0) is 26.8 Å². The summed E-state index contributed by atoms with van der Waals surface area (Å²) in [5, 5.41) is 0. The predicted molar refractivity (Wildman–Crippen MR) is 67.5 cm³/mol. The lowest BCUT2D eigenvalue weighted by atomic mass is 10.2. The fourth-order valence-electron chi connectivity index (χ4n) is 1.76. The molecule has 5 nitrogen and oxygen atoms in total. The van der Waals surface area contributed by atoms with Crippen LogP contribution in [0.5, 0.6) is 0 Å². The van der Waals surface area contributed by atoms with Crippen LogP contribution in [0, 0.1) is 6.92 Å². The highest BCUT2D eigenvalue weighted by molar-refractivity contribution is 5.90. The second-order valence-electron chi connectivity index (χ2n) is 3.80. The number of aromatic nitrogens is 1. The average molecular weight is 255 g/mol. The number of esters is 1. The Morgan fingerprint density at radius 1 is 1.33 bits per heavy atom. The van der Waals surface area contributed by atoms with Gasteiger partial charge in [0.2, 0.25) is 0 Å². The fourth-order valence-corrected chi connectivity index (χ4v) is 1.76. The molecule has 102 valence electrons. The molecule has 0 bridgehead atoms. The number of hydrogen-bond acceptors (Lipinski definition) is 4. The summed E-state index contributed by atoms with van der Waals surface area (Å²) in [5.74, 6) is -0.324. The van der Waals surface area contributed by atoms with Gasteiger partial charge < -0.3 is 18.8 Å². The molecule has 0 aliphatic carbocycles. The maximum absolute atomic E-state index is 11.5. The highest BCUT2D eigenvalue weighted by Gasteiger charge is 2.16. The minimum Gasteiger partial charge on any atom is -0.465 e. The van der Waals surface area contributed by atoms with E-state index in [1.807, 2.05) is 31.5 Å². The van der Waals surface area contributed by atoms with Gasteiger partial charge in [-0.2, -0.15) is 0 Å². The molecule has 0 aromatic carbocycles. The first kappa shape index (κ1) is 14.7. The van der Waals surface area contributed by atoms with Gasteiger partial charge in [0.1, 0.15) is 0 Å². The van der Waals surface area contributed by atoms with Crippen LogP contribution in [-0.2, 0) is 20.8 Å². The van der Waals surface area contributed by atoms with Gasteiger partial charge in [-0.25, -0.2) is 4.79 Å². The molecular formula is C13H21NO4. The lowest BCUT2D eigenvalue weighted by Crippen LogP contribution is -2.24. The number of rotatable bonds is 7. The summed E-state index contributed by atoms with van der Waals surface area (Å²) in [6, 6.07) is 1.75. The van der Waals surface area contributed by atoms with Crippen LogP contribution >= 0.6 is 0 Å². The molecule has 0 amide bonds. The van der Waals surface area contributed by atoms with Crippen molar-refractivity contribution in [1.82, 2.24) is 4.57 Å². The summed E-state index contributed by atoms with van der Waals surface area (Å²) in [7, 11) is 1.38. The quantitative estimate of drug-likeness (QED) is 0.552. The lowest BCUT2D eigenvalue weighted by Gasteiger charge is -2.18. The van der Waals surface area contributed by atoms with Crippen LogP contribution < -0.4 is 0 Å². The first-order valence-corrected chi connectivity index (χ1v) is 6.11. The normalized spacial score (nSPS) is 10.9. The fraction of sp³-hybridized carbons (Fsp3) is 0.615. The van der Waals surface area contributed by atoms with Crippen LogP contribution in [0.15, 0.2) is 12.3 Å². The van der Waals surface area contributed by atoms with Gasteiger partial charge >= 0.3 is 5.97 Å². The third-order valence-corrected chi connectivity index (χ3v) is 2.70. The van der Waals surface area contributed by atoms with Gasteiger partial charge in [0.15, 0.2) is 6.29 Å². The Bertz CT molecular complexity index is 380. The Morgan fingerprint density at radius 3 is 2.44 bits per heavy atom. The molecule has 0 fully saturated rings. The Morgan fingerprint density at radius 2 is 1.94 bits per heavy atom. The van der Waals surface area contributed by atoms with E-state index in [4.69, 9.17) is 14.2 Å². The second kappa shape index (κ2) is 7.18. The topological polar surface area (TPSA) is 49.7 Å². The van der Waals surface area contributed by atoms with Crippen molar-refractivity contribution in [2.45, 2.75) is 33.6 Å². The summed E-state index contributed by atoms with van der Waals surface area (Å²) >= 11 is 0. The highest BCUT2D eigenvalue weighted by atomic mass is 16.7. The molecule has 1 aromatic heterocycles. The van der Waals surface area contributed by atoms with Crippen molar-refractivity contribution in [3.05, 3.63) is 23.5 Å². The molecule has 18 heavy (non-hydrogen) atoms. The zero-order valence-electron chi connectivity index (χ0n) is 11.4. The summed E-state index contributed by atoms with van der Waals surface area (Å²) in [4.78, 5) is 11.5. The van der Waals surface area contributed by atoms with Gasteiger partial charge in [0.25, 0.3) is 0 Å². The van der Waals surface area contributed by atoms with E-state index in [1.165, 1.54) is 7.11 Å². The van der Waals surface area contributed by atoms with Crippen LogP contribution in [0.25, 0.3) is 0 Å². The van der Waals surface area contributed by atoms with Gasteiger partial charge in [-0.1, -0.05) is 0 Å². The number of nitrogens with zero attached hydrogens (tertiary/aromatic N) is 1. The zero-order valence-corrected chi connectivity index (χ0v) is 11.4. The molecule has 0 unspecified atom stereocenters. The monoisotopic (exact) mass is 255 g/mol. The van der Waals surface area contributed by atoms with Gasteiger partial charge in [-0.15, -0.1) is 0 Å². The van der Waals surface area contributed by atoms with Crippen molar-refractivity contribution in [2.75, 3.05) is 20.3 Å². The van der Waals surface area contributed by atoms with Crippen LogP contribution in [0.2, 0.25) is 0 Å². The lowest BCUT2D eigenvalue weighted by molar-refractivity contribution is -0.143. The molecule has 0 N–H and O–H groups in total. The maximum atomic E-state index is 11.5. The number of hydrogen-bond donors (Lipinski definition) is 0.